The SMILES string of the molecule is COc1ccc(COCCCC(=O)N(C)OC)cc1. The molecule has 5 nitrogen and oxygen atoms in total. The number of carbonyl (C=O) groups excluding carboxylic acids is 1. The fraction of sp³-hybridized carbons (Fsp3) is 0.500. The van der Waals surface area contributed by atoms with E-state index in [9.17, 15) is 4.79 Å². The third kappa shape index (κ3) is 5.72. The van der Waals surface area contributed by atoms with Crippen LogP contribution in [0.5, 0.6) is 5.75 Å². The van der Waals surface area contributed by atoms with E-state index in [-0.39, 0.29) is 5.91 Å². The zero-order chi connectivity index (χ0) is 14.1. The highest BCUT2D eigenvalue weighted by Crippen LogP contribution is 2.12. The molecule has 106 valence electrons. The minimum atomic E-state index is -0.0458. The van der Waals surface area contributed by atoms with Crippen LogP contribution in [0.2, 0.25) is 0 Å². The molecule has 0 fully saturated rings. The average Bonchev–Trinajstić information content (AvgIpc) is 2.46. The van der Waals surface area contributed by atoms with Crippen LogP contribution < -0.4 is 4.74 Å². The predicted molar refractivity (Wildman–Crippen MR) is 71.7 cm³/mol. The molecule has 0 spiro atoms. The quantitative estimate of drug-likeness (QED) is 0.534. The van der Waals surface area contributed by atoms with Crippen LogP contribution in [0.15, 0.2) is 24.3 Å². The summed E-state index contributed by atoms with van der Waals surface area (Å²) < 4.78 is 10.6. The van der Waals surface area contributed by atoms with Crippen molar-refractivity contribution in [1.82, 2.24) is 5.06 Å². The Labute approximate surface area is 114 Å². The molecular weight excluding hydrogens is 246 g/mol. The first-order valence-corrected chi connectivity index (χ1v) is 6.18. The highest BCUT2D eigenvalue weighted by molar-refractivity contribution is 5.74. The third-order valence-electron chi connectivity index (χ3n) is 2.73. The zero-order valence-electron chi connectivity index (χ0n) is 11.7. The topological polar surface area (TPSA) is 48.0 Å². The Balaban J connectivity index is 2.15. The lowest BCUT2D eigenvalue weighted by atomic mass is 10.2. The van der Waals surface area contributed by atoms with E-state index in [4.69, 9.17) is 14.3 Å². The molecule has 0 aliphatic rings. The van der Waals surface area contributed by atoms with E-state index in [1.54, 1.807) is 14.2 Å². The normalized spacial score (nSPS) is 10.3. The molecule has 0 aliphatic heterocycles. The number of carbonyl (C=O) groups is 1. The maximum atomic E-state index is 11.4. The van der Waals surface area contributed by atoms with E-state index >= 15 is 0 Å². The Hall–Kier alpha value is -1.59. The molecule has 0 saturated heterocycles. The van der Waals surface area contributed by atoms with Gasteiger partial charge in [-0.05, 0) is 24.1 Å². The molecule has 0 N–H and O–H groups in total. The van der Waals surface area contributed by atoms with Gasteiger partial charge in [0.05, 0.1) is 20.8 Å². The molecule has 1 amide bonds. The van der Waals surface area contributed by atoms with E-state index in [0.717, 1.165) is 11.3 Å². The number of rotatable bonds is 8. The number of methoxy groups -OCH3 is 1. The van der Waals surface area contributed by atoms with E-state index in [1.165, 1.54) is 12.2 Å². The number of ether oxygens (including phenoxy) is 2. The maximum absolute atomic E-state index is 11.4. The Morgan fingerprint density at radius 3 is 2.47 bits per heavy atom. The molecular formula is C14H21NO4. The highest BCUT2D eigenvalue weighted by atomic mass is 16.7. The highest BCUT2D eigenvalue weighted by Gasteiger charge is 2.06. The fourth-order valence-electron chi connectivity index (χ4n) is 1.50. The van der Waals surface area contributed by atoms with Gasteiger partial charge in [-0.3, -0.25) is 9.63 Å². The first kappa shape index (κ1) is 15.5. The van der Waals surface area contributed by atoms with Gasteiger partial charge in [-0.1, -0.05) is 12.1 Å². The van der Waals surface area contributed by atoms with E-state index < -0.39 is 0 Å². The summed E-state index contributed by atoms with van der Waals surface area (Å²) in [7, 11) is 4.71. The number of amides is 1. The van der Waals surface area contributed by atoms with Gasteiger partial charge in [0.1, 0.15) is 5.75 Å². The van der Waals surface area contributed by atoms with Gasteiger partial charge < -0.3 is 9.47 Å². The maximum Gasteiger partial charge on any atom is 0.245 e. The molecule has 5 heteroatoms. The van der Waals surface area contributed by atoms with Crippen LogP contribution in [0.25, 0.3) is 0 Å². The molecule has 0 bridgehead atoms. The number of nitrogens with zero attached hydrogens (tertiary/aromatic N) is 1. The zero-order valence-corrected chi connectivity index (χ0v) is 11.7. The molecule has 1 rings (SSSR count). The first-order valence-electron chi connectivity index (χ1n) is 6.18. The van der Waals surface area contributed by atoms with Crippen molar-refractivity contribution in [2.45, 2.75) is 19.4 Å². The Morgan fingerprint density at radius 1 is 1.21 bits per heavy atom. The number of hydroxylamine groups is 2. The number of hydrogen-bond donors (Lipinski definition) is 0. The molecule has 0 radical (unpaired) electrons. The van der Waals surface area contributed by atoms with Crippen molar-refractivity contribution < 1.29 is 19.1 Å². The molecule has 1 aromatic carbocycles. The van der Waals surface area contributed by atoms with E-state index in [1.807, 2.05) is 24.3 Å². The molecule has 0 atom stereocenters. The van der Waals surface area contributed by atoms with Crippen LogP contribution in [-0.2, 0) is 21.0 Å². The van der Waals surface area contributed by atoms with Gasteiger partial charge in [0.15, 0.2) is 0 Å². The van der Waals surface area contributed by atoms with Gasteiger partial charge in [0, 0.05) is 20.1 Å². The molecule has 19 heavy (non-hydrogen) atoms. The molecule has 0 aliphatic carbocycles. The average molecular weight is 267 g/mol. The molecule has 0 heterocycles. The number of benzene rings is 1. The minimum Gasteiger partial charge on any atom is -0.497 e. The minimum absolute atomic E-state index is 0.0458. The Bertz CT molecular complexity index is 378. The summed E-state index contributed by atoms with van der Waals surface area (Å²) >= 11 is 0. The second-order valence-electron chi connectivity index (χ2n) is 4.08. The van der Waals surface area contributed by atoms with E-state index in [2.05, 4.69) is 0 Å². The van der Waals surface area contributed by atoms with Crippen molar-refractivity contribution in [2.24, 2.45) is 0 Å². The summed E-state index contributed by atoms with van der Waals surface area (Å²) in [5.41, 5.74) is 1.08. The number of hydrogen-bond acceptors (Lipinski definition) is 4. The van der Waals surface area contributed by atoms with Crippen LogP contribution in [-0.4, -0.2) is 38.8 Å². The Kier molecular flexibility index (Phi) is 6.92. The molecule has 1 aromatic rings. The summed E-state index contributed by atoms with van der Waals surface area (Å²) in [5, 5.41) is 1.23. The molecule has 0 saturated carbocycles. The summed E-state index contributed by atoms with van der Waals surface area (Å²) in [4.78, 5) is 16.2. The molecule has 0 aromatic heterocycles. The second kappa shape index (κ2) is 8.50. The summed E-state index contributed by atoms with van der Waals surface area (Å²) in [6.45, 7) is 1.09. The van der Waals surface area contributed by atoms with Gasteiger partial charge in [0.25, 0.3) is 0 Å². The van der Waals surface area contributed by atoms with Crippen molar-refractivity contribution in [1.29, 1.82) is 0 Å². The fourth-order valence-corrected chi connectivity index (χ4v) is 1.50. The van der Waals surface area contributed by atoms with Crippen LogP contribution in [0, 0.1) is 0 Å². The van der Waals surface area contributed by atoms with E-state index in [0.29, 0.717) is 26.1 Å². The Morgan fingerprint density at radius 2 is 1.89 bits per heavy atom. The van der Waals surface area contributed by atoms with Gasteiger partial charge in [-0.25, -0.2) is 5.06 Å². The van der Waals surface area contributed by atoms with Gasteiger partial charge in [0.2, 0.25) is 5.91 Å². The van der Waals surface area contributed by atoms with Crippen molar-refractivity contribution in [3.05, 3.63) is 29.8 Å². The molecule has 0 unspecified atom stereocenters. The summed E-state index contributed by atoms with van der Waals surface area (Å²) in [6.07, 6.45) is 1.11. The van der Waals surface area contributed by atoms with Gasteiger partial charge in [-0.15, -0.1) is 0 Å². The van der Waals surface area contributed by atoms with Crippen LogP contribution in [0.3, 0.4) is 0 Å². The first-order chi connectivity index (χ1) is 9.17. The van der Waals surface area contributed by atoms with Crippen LogP contribution in [0.4, 0.5) is 0 Å². The smallest absolute Gasteiger partial charge is 0.245 e. The summed E-state index contributed by atoms with van der Waals surface area (Å²) in [5.74, 6) is 0.785. The van der Waals surface area contributed by atoms with Gasteiger partial charge >= 0.3 is 0 Å². The lowest BCUT2D eigenvalue weighted by Gasteiger charge is -2.13. The third-order valence-corrected chi connectivity index (χ3v) is 2.73. The second-order valence-corrected chi connectivity index (χ2v) is 4.08. The van der Waals surface area contributed by atoms with Crippen molar-refractivity contribution in [2.75, 3.05) is 27.9 Å². The lowest BCUT2D eigenvalue weighted by molar-refractivity contribution is -0.168. The van der Waals surface area contributed by atoms with Gasteiger partial charge in [-0.2, -0.15) is 0 Å². The van der Waals surface area contributed by atoms with Crippen LogP contribution in [0.1, 0.15) is 18.4 Å². The van der Waals surface area contributed by atoms with Crippen molar-refractivity contribution >= 4 is 5.91 Å². The van der Waals surface area contributed by atoms with Crippen molar-refractivity contribution in [3.8, 4) is 5.75 Å². The largest absolute Gasteiger partial charge is 0.497 e. The predicted octanol–water partition coefficient (Wildman–Crippen LogP) is 2.01. The monoisotopic (exact) mass is 267 g/mol. The van der Waals surface area contributed by atoms with Crippen molar-refractivity contribution in [3.63, 3.8) is 0 Å². The van der Waals surface area contributed by atoms with Crippen LogP contribution >= 0.6 is 0 Å². The summed E-state index contributed by atoms with van der Waals surface area (Å²) in [6, 6.07) is 7.72. The standard InChI is InChI=1S/C14H21NO4/c1-15(18-3)14(16)5-4-10-19-11-12-6-8-13(17-2)9-7-12/h6-9H,4-5,10-11H2,1-3H3. The lowest BCUT2D eigenvalue weighted by Crippen LogP contribution is -2.25.